The molecular formula is C14H20N2O3. The van der Waals surface area contributed by atoms with Gasteiger partial charge in [0, 0.05) is 25.2 Å². The van der Waals surface area contributed by atoms with E-state index in [9.17, 15) is 4.79 Å². The molecule has 1 aromatic rings. The molecule has 5 nitrogen and oxygen atoms in total. The zero-order valence-corrected chi connectivity index (χ0v) is 11.2. The number of nitrogens with zero attached hydrogens (tertiary/aromatic N) is 1. The zero-order valence-electron chi connectivity index (χ0n) is 11.2. The van der Waals surface area contributed by atoms with Gasteiger partial charge in [-0.2, -0.15) is 0 Å². The summed E-state index contributed by atoms with van der Waals surface area (Å²) in [6.45, 7) is 6.64. The highest BCUT2D eigenvalue weighted by molar-refractivity contribution is 5.93. The normalized spacial score (nSPS) is 16.3. The van der Waals surface area contributed by atoms with Gasteiger partial charge in [-0.15, -0.1) is 0 Å². The Kier molecular flexibility index (Phi) is 5.32. The molecule has 0 aromatic heterocycles. The first-order valence-corrected chi connectivity index (χ1v) is 6.54. The second kappa shape index (κ2) is 7.23. The van der Waals surface area contributed by atoms with Crippen LogP contribution < -0.4 is 5.48 Å². The number of morpholine rings is 1. The minimum absolute atomic E-state index is 0.203. The van der Waals surface area contributed by atoms with Crippen LogP contribution >= 0.6 is 0 Å². The van der Waals surface area contributed by atoms with Crippen molar-refractivity contribution in [3.63, 3.8) is 0 Å². The number of aryl methyl sites for hydroxylation is 1. The molecule has 0 saturated carbocycles. The van der Waals surface area contributed by atoms with Crippen molar-refractivity contribution in [2.24, 2.45) is 0 Å². The molecule has 0 aliphatic carbocycles. The molecule has 1 N–H and O–H groups in total. The maximum atomic E-state index is 11.8. The number of hydrogen-bond acceptors (Lipinski definition) is 4. The molecule has 5 heteroatoms. The van der Waals surface area contributed by atoms with Crippen molar-refractivity contribution in [3.8, 4) is 0 Å². The molecule has 1 aliphatic heterocycles. The molecule has 19 heavy (non-hydrogen) atoms. The van der Waals surface area contributed by atoms with E-state index in [-0.39, 0.29) is 5.91 Å². The fourth-order valence-electron chi connectivity index (χ4n) is 1.96. The first-order chi connectivity index (χ1) is 9.25. The number of rotatable bonds is 5. The van der Waals surface area contributed by atoms with E-state index >= 15 is 0 Å². The first kappa shape index (κ1) is 14.0. The molecule has 0 atom stereocenters. The average Bonchev–Trinajstić information content (AvgIpc) is 2.44. The third-order valence-electron chi connectivity index (χ3n) is 3.06. The Balaban J connectivity index is 1.66. The lowest BCUT2D eigenvalue weighted by Gasteiger charge is -2.26. The van der Waals surface area contributed by atoms with E-state index in [1.807, 2.05) is 25.1 Å². The van der Waals surface area contributed by atoms with E-state index in [0.717, 1.165) is 38.4 Å². The highest BCUT2D eigenvalue weighted by Gasteiger charge is 2.10. The summed E-state index contributed by atoms with van der Waals surface area (Å²) in [6, 6.07) is 7.42. The standard InChI is InChI=1S/C14H20N2O3/c1-12-3-2-4-13(11-12)14(17)15-19-10-7-16-5-8-18-9-6-16/h2-4,11H,5-10H2,1H3,(H,15,17). The van der Waals surface area contributed by atoms with Crippen LogP contribution in [0.1, 0.15) is 15.9 Å². The number of nitrogens with one attached hydrogen (secondary N) is 1. The summed E-state index contributed by atoms with van der Waals surface area (Å²) in [5.41, 5.74) is 4.14. The van der Waals surface area contributed by atoms with Crippen molar-refractivity contribution < 1.29 is 14.4 Å². The van der Waals surface area contributed by atoms with E-state index in [1.165, 1.54) is 0 Å². The van der Waals surface area contributed by atoms with Gasteiger partial charge in [0.1, 0.15) is 0 Å². The van der Waals surface area contributed by atoms with Crippen LogP contribution in [0.25, 0.3) is 0 Å². The van der Waals surface area contributed by atoms with E-state index in [0.29, 0.717) is 12.2 Å². The Labute approximate surface area is 113 Å². The van der Waals surface area contributed by atoms with Crippen molar-refractivity contribution in [1.29, 1.82) is 0 Å². The monoisotopic (exact) mass is 264 g/mol. The highest BCUT2D eigenvalue weighted by Crippen LogP contribution is 2.03. The molecule has 1 aliphatic rings. The van der Waals surface area contributed by atoms with Gasteiger partial charge in [0.15, 0.2) is 0 Å². The van der Waals surface area contributed by atoms with E-state index in [1.54, 1.807) is 6.07 Å². The van der Waals surface area contributed by atoms with E-state index in [2.05, 4.69) is 10.4 Å². The molecule has 104 valence electrons. The van der Waals surface area contributed by atoms with Crippen molar-refractivity contribution >= 4 is 5.91 Å². The fourth-order valence-corrected chi connectivity index (χ4v) is 1.96. The summed E-state index contributed by atoms with van der Waals surface area (Å²) >= 11 is 0. The van der Waals surface area contributed by atoms with Gasteiger partial charge in [0.25, 0.3) is 5.91 Å². The number of hydrogen-bond donors (Lipinski definition) is 1. The third kappa shape index (κ3) is 4.63. The summed E-state index contributed by atoms with van der Waals surface area (Å²) in [6.07, 6.45) is 0. The number of carbonyl (C=O) groups is 1. The summed E-state index contributed by atoms with van der Waals surface area (Å²) in [4.78, 5) is 19.2. The molecule has 2 rings (SSSR count). The van der Waals surface area contributed by atoms with Gasteiger partial charge < -0.3 is 4.74 Å². The van der Waals surface area contributed by atoms with Crippen LogP contribution in [0.2, 0.25) is 0 Å². The van der Waals surface area contributed by atoms with Gasteiger partial charge in [-0.05, 0) is 19.1 Å². The molecule has 1 amide bonds. The highest BCUT2D eigenvalue weighted by atomic mass is 16.7. The van der Waals surface area contributed by atoms with Crippen molar-refractivity contribution in [2.75, 3.05) is 39.5 Å². The van der Waals surface area contributed by atoms with Crippen LogP contribution in [-0.2, 0) is 9.57 Å². The van der Waals surface area contributed by atoms with E-state index < -0.39 is 0 Å². The Morgan fingerprint density at radius 3 is 2.95 bits per heavy atom. The number of ether oxygens (including phenoxy) is 1. The fraction of sp³-hybridized carbons (Fsp3) is 0.500. The lowest BCUT2D eigenvalue weighted by atomic mass is 10.1. The molecule has 0 radical (unpaired) electrons. The van der Waals surface area contributed by atoms with Gasteiger partial charge in [-0.1, -0.05) is 17.7 Å². The lowest BCUT2D eigenvalue weighted by Crippen LogP contribution is -2.39. The van der Waals surface area contributed by atoms with Crippen LogP contribution in [0, 0.1) is 6.92 Å². The largest absolute Gasteiger partial charge is 0.379 e. The lowest BCUT2D eigenvalue weighted by molar-refractivity contribution is -0.00177. The predicted octanol–water partition coefficient (Wildman–Crippen LogP) is 0.989. The molecule has 1 saturated heterocycles. The second-order valence-corrected chi connectivity index (χ2v) is 4.60. The topological polar surface area (TPSA) is 50.8 Å². The number of amides is 1. The van der Waals surface area contributed by atoms with E-state index in [4.69, 9.17) is 9.57 Å². The molecule has 1 fully saturated rings. The number of hydroxylamine groups is 1. The summed E-state index contributed by atoms with van der Waals surface area (Å²) in [5, 5.41) is 0. The van der Waals surface area contributed by atoms with Crippen LogP contribution in [0.3, 0.4) is 0 Å². The molecule has 0 spiro atoms. The summed E-state index contributed by atoms with van der Waals surface area (Å²) in [7, 11) is 0. The smallest absolute Gasteiger partial charge is 0.274 e. The van der Waals surface area contributed by atoms with Gasteiger partial charge in [-0.25, -0.2) is 5.48 Å². The van der Waals surface area contributed by atoms with Crippen LogP contribution in [0.15, 0.2) is 24.3 Å². The summed E-state index contributed by atoms with van der Waals surface area (Å²) in [5.74, 6) is -0.203. The Bertz CT molecular complexity index is 417. The van der Waals surface area contributed by atoms with Gasteiger partial charge in [-0.3, -0.25) is 14.5 Å². The quantitative estimate of drug-likeness (QED) is 0.636. The molecule has 0 unspecified atom stereocenters. The van der Waals surface area contributed by atoms with Crippen molar-refractivity contribution in [2.45, 2.75) is 6.92 Å². The third-order valence-corrected chi connectivity index (χ3v) is 3.06. The Hall–Kier alpha value is -1.43. The van der Waals surface area contributed by atoms with Crippen LogP contribution in [0.4, 0.5) is 0 Å². The number of carbonyl (C=O) groups excluding carboxylic acids is 1. The molecule has 0 bridgehead atoms. The molecular weight excluding hydrogens is 244 g/mol. The molecule has 1 heterocycles. The van der Waals surface area contributed by atoms with Crippen LogP contribution in [-0.4, -0.2) is 50.3 Å². The molecule has 1 aromatic carbocycles. The number of benzene rings is 1. The minimum Gasteiger partial charge on any atom is -0.379 e. The van der Waals surface area contributed by atoms with Gasteiger partial charge >= 0.3 is 0 Å². The maximum absolute atomic E-state index is 11.8. The SMILES string of the molecule is Cc1cccc(C(=O)NOCCN2CCOCC2)c1. The summed E-state index contributed by atoms with van der Waals surface area (Å²) < 4.78 is 5.26. The van der Waals surface area contributed by atoms with Crippen LogP contribution in [0.5, 0.6) is 0 Å². The first-order valence-electron chi connectivity index (χ1n) is 6.54. The van der Waals surface area contributed by atoms with Crippen molar-refractivity contribution in [3.05, 3.63) is 35.4 Å². The van der Waals surface area contributed by atoms with Gasteiger partial charge in [0.2, 0.25) is 0 Å². The van der Waals surface area contributed by atoms with Crippen molar-refractivity contribution in [1.82, 2.24) is 10.4 Å². The maximum Gasteiger partial charge on any atom is 0.274 e. The predicted molar refractivity (Wildman–Crippen MR) is 71.9 cm³/mol. The average molecular weight is 264 g/mol. The Morgan fingerprint density at radius 2 is 2.21 bits per heavy atom. The second-order valence-electron chi connectivity index (χ2n) is 4.60. The Morgan fingerprint density at radius 1 is 1.42 bits per heavy atom. The zero-order chi connectivity index (χ0) is 13.5. The minimum atomic E-state index is -0.203. The van der Waals surface area contributed by atoms with Gasteiger partial charge in [0.05, 0.1) is 19.8 Å².